The Morgan fingerprint density at radius 3 is 2.92 bits per heavy atom. The molecule has 1 atom stereocenters. The first kappa shape index (κ1) is 17.8. The second-order valence-corrected chi connectivity index (χ2v) is 6.88. The van der Waals surface area contributed by atoms with Crippen LogP contribution in [0.4, 0.5) is 8.78 Å². The van der Waals surface area contributed by atoms with Gasteiger partial charge in [0.1, 0.15) is 5.82 Å². The summed E-state index contributed by atoms with van der Waals surface area (Å²) in [5.74, 6) is -1.90. The molecule has 1 unspecified atom stereocenters. The van der Waals surface area contributed by atoms with E-state index in [4.69, 9.17) is 9.47 Å². The molecule has 0 bridgehead atoms. The van der Waals surface area contributed by atoms with Crippen LogP contribution in [0.5, 0.6) is 5.75 Å². The van der Waals surface area contributed by atoms with Gasteiger partial charge in [-0.15, -0.1) is 11.3 Å². The first-order valence-corrected chi connectivity index (χ1v) is 8.99. The highest BCUT2D eigenvalue weighted by atomic mass is 32.1. The molecule has 3 rings (SSSR count). The maximum Gasteiger partial charge on any atom is 0.260 e. The highest BCUT2D eigenvalue weighted by Crippen LogP contribution is 2.20. The molecule has 1 aliphatic rings. The van der Waals surface area contributed by atoms with Gasteiger partial charge in [0, 0.05) is 24.1 Å². The Morgan fingerprint density at radius 2 is 2.24 bits per heavy atom. The summed E-state index contributed by atoms with van der Waals surface area (Å²) < 4.78 is 37.4. The fourth-order valence-electron chi connectivity index (χ4n) is 2.70. The maximum atomic E-state index is 13.6. The van der Waals surface area contributed by atoms with E-state index < -0.39 is 11.6 Å². The van der Waals surface area contributed by atoms with Crippen LogP contribution in [-0.4, -0.2) is 36.7 Å². The predicted octanol–water partition coefficient (Wildman–Crippen LogP) is 3.61. The second kappa shape index (κ2) is 8.40. The number of amides is 1. The fourth-order valence-corrected chi connectivity index (χ4v) is 3.42. The highest BCUT2D eigenvalue weighted by molar-refractivity contribution is 7.09. The van der Waals surface area contributed by atoms with Gasteiger partial charge in [0.2, 0.25) is 0 Å². The van der Waals surface area contributed by atoms with Crippen LogP contribution in [-0.2, 0) is 16.1 Å². The number of halogens is 2. The Morgan fingerprint density at radius 1 is 1.36 bits per heavy atom. The van der Waals surface area contributed by atoms with Gasteiger partial charge >= 0.3 is 0 Å². The Balaban J connectivity index is 1.62. The average Bonchev–Trinajstić information content (AvgIpc) is 3.27. The summed E-state index contributed by atoms with van der Waals surface area (Å²) in [4.78, 5) is 15.3. The number of ether oxygens (including phenoxy) is 2. The average molecular weight is 367 g/mol. The number of nitrogens with zero attached hydrogens (tertiary/aromatic N) is 1. The van der Waals surface area contributed by atoms with Gasteiger partial charge in [-0.2, -0.15) is 0 Å². The van der Waals surface area contributed by atoms with E-state index in [0.717, 1.165) is 29.9 Å². The Labute approximate surface area is 149 Å². The number of hydrogen-bond donors (Lipinski definition) is 0. The summed E-state index contributed by atoms with van der Waals surface area (Å²) in [6, 6.07) is 6.90. The molecule has 0 radical (unpaired) electrons. The molecule has 1 amide bonds. The zero-order chi connectivity index (χ0) is 17.6. The molecule has 7 heteroatoms. The number of rotatable bonds is 7. The van der Waals surface area contributed by atoms with Crippen LogP contribution in [0.2, 0.25) is 0 Å². The molecule has 2 aromatic rings. The van der Waals surface area contributed by atoms with E-state index >= 15 is 0 Å². The predicted molar refractivity (Wildman–Crippen MR) is 90.6 cm³/mol. The molecule has 2 heterocycles. The lowest BCUT2D eigenvalue weighted by molar-refractivity contribution is -0.135. The molecular formula is C18H19F2NO3S. The van der Waals surface area contributed by atoms with Crippen LogP contribution >= 0.6 is 11.3 Å². The summed E-state index contributed by atoms with van der Waals surface area (Å²) in [6.07, 6.45) is 1.93. The van der Waals surface area contributed by atoms with Crippen LogP contribution in [0.1, 0.15) is 17.7 Å². The molecule has 25 heavy (non-hydrogen) atoms. The molecular weight excluding hydrogens is 348 g/mol. The third kappa shape index (κ3) is 4.99. The van der Waals surface area contributed by atoms with E-state index in [0.29, 0.717) is 19.7 Å². The van der Waals surface area contributed by atoms with Crippen molar-refractivity contribution >= 4 is 17.2 Å². The Bertz CT molecular complexity index is 702. The van der Waals surface area contributed by atoms with Gasteiger partial charge in [-0.25, -0.2) is 8.78 Å². The molecule has 1 aromatic carbocycles. The van der Waals surface area contributed by atoms with Crippen LogP contribution in [0.15, 0.2) is 35.7 Å². The van der Waals surface area contributed by atoms with Gasteiger partial charge in [-0.3, -0.25) is 4.79 Å². The molecule has 1 saturated heterocycles. The Hall–Kier alpha value is -1.99. The topological polar surface area (TPSA) is 38.8 Å². The molecule has 0 aliphatic carbocycles. The standard InChI is InChI=1S/C18H19F2NO3S/c19-13-5-6-17(16(20)9-13)24-12-18(22)21(10-14-3-1-7-23-14)11-15-4-2-8-25-15/h2,4-6,8-9,14H,1,3,7,10-12H2. The number of carbonyl (C=O) groups is 1. The summed E-state index contributed by atoms with van der Waals surface area (Å²) in [6.45, 7) is 1.35. The van der Waals surface area contributed by atoms with Gasteiger partial charge < -0.3 is 14.4 Å². The lowest BCUT2D eigenvalue weighted by atomic mass is 10.2. The molecule has 4 nitrogen and oxygen atoms in total. The summed E-state index contributed by atoms with van der Waals surface area (Å²) >= 11 is 1.57. The number of benzene rings is 1. The molecule has 134 valence electrons. The zero-order valence-electron chi connectivity index (χ0n) is 13.6. The van der Waals surface area contributed by atoms with Gasteiger partial charge in [-0.05, 0) is 36.4 Å². The van der Waals surface area contributed by atoms with E-state index in [9.17, 15) is 13.6 Å². The van der Waals surface area contributed by atoms with Crippen molar-refractivity contribution in [2.45, 2.75) is 25.5 Å². The number of hydrogen-bond acceptors (Lipinski definition) is 4. The van der Waals surface area contributed by atoms with E-state index in [1.54, 1.807) is 16.2 Å². The third-order valence-electron chi connectivity index (χ3n) is 3.97. The van der Waals surface area contributed by atoms with Crippen LogP contribution in [0, 0.1) is 11.6 Å². The van der Waals surface area contributed by atoms with Gasteiger partial charge in [0.15, 0.2) is 18.2 Å². The van der Waals surface area contributed by atoms with E-state index in [1.165, 1.54) is 6.07 Å². The summed E-state index contributed by atoms with van der Waals surface area (Å²) in [5.41, 5.74) is 0. The molecule has 1 fully saturated rings. The smallest absolute Gasteiger partial charge is 0.260 e. The quantitative estimate of drug-likeness (QED) is 0.750. The van der Waals surface area contributed by atoms with Crippen molar-refractivity contribution in [1.82, 2.24) is 4.90 Å². The molecule has 0 saturated carbocycles. The Kier molecular flexibility index (Phi) is 5.99. The highest BCUT2D eigenvalue weighted by Gasteiger charge is 2.23. The molecule has 0 N–H and O–H groups in total. The SMILES string of the molecule is O=C(COc1ccc(F)cc1F)N(Cc1cccs1)CC1CCCO1. The van der Waals surface area contributed by atoms with Crippen molar-refractivity contribution in [3.05, 3.63) is 52.2 Å². The molecule has 1 aliphatic heterocycles. The van der Waals surface area contributed by atoms with Crippen molar-refractivity contribution in [3.63, 3.8) is 0 Å². The van der Waals surface area contributed by atoms with Gasteiger partial charge in [0.05, 0.1) is 12.6 Å². The van der Waals surface area contributed by atoms with Gasteiger partial charge in [-0.1, -0.05) is 6.07 Å². The zero-order valence-corrected chi connectivity index (χ0v) is 14.4. The lowest BCUT2D eigenvalue weighted by Crippen LogP contribution is -2.39. The van der Waals surface area contributed by atoms with Crippen molar-refractivity contribution < 1.29 is 23.0 Å². The monoisotopic (exact) mass is 367 g/mol. The van der Waals surface area contributed by atoms with Crippen molar-refractivity contribution in [2.24, 2.45) is 0 Å². The number of thiophene rings is 1. The lowest BCUT2D eigenvalue weighted by Gasteiger charge is -2.25. The minimum atomic E-state index is -0.822. The second-order valence-electron chi connectivity index (χ2n) is 5.85. The van der Waals surface area contributed by atoms with E-state index in [1.807, 2.05) is 17.5 Å². The summed E-state index contributed by atoms with van der Waals surface area (Å²) in [7, 11) is 0. The third-order valence-corrected chi connectivity index (χ3v) is 4.83. The van der Waals surface area contributed by atoms with Crippen LogP contribution in [0.25, 0.3) is 0 Å². The van der Waals surface area contributed by atoms with Crippen molar-refractivity contribution in [2.75, 3.05) is 19.8 Å². The summed E-state index contributed by atoms with van der Waals surface area (Å²) in [5, 5.41) is 1.95. The normalized spacial score (nSPS) is 16.8. The minimum absolute atomic E-state index is 0.0199. The van der Waals surface area contributed by atoms with Crippen molar-refractivity contribution in [3.8, 4) is 5.75 Å². The molecule has 1 aromatic heterocycles. The largest absolute Gasteiger partial charge is 0.481 e. The first-order valence-electron chi connectivity index (χ1n) is 8.11. The van der Waals surface area contributed by atoms with Crippen LogP contribution < -0.4 is 4.74 Å². The first-order chi connectivity index (χ1) is 12.1. The minimum Gasteiger partial charge on any atom is -0.481 e. The number of carbonyl (C=O) groups excluding carboxylic acids is 1. The van der Waals surface area contributed by atoms with E-state index in [2.05, 4.69) is 0 Å². The fraction of sp³-hybridized carbons (Fsp3) is 0.389. The maximum absolute atomic E-state index is 13.6. The van der Waals surface area contributed by atoms with Gasteiger partial charge in [0.25, 0.3) is 5.91 Å². The molecule has 0 spiro atoms. The van der Waals surface area contributed by atoms with E-state index in [-0.39, 0.29) is 24.4 Å². The van der Waals surface area contributed by atoms with Crippen molar-refractivity contribution in [1.29, 1.82) is 0 Å². The van der Waals surface area contributed by atoms with Crippen LogP contribution in [0.3, 0.4) is 0 Å².